The number of carbonyl (C=O) groups is 2. The molecule has 4 nitrogen and oxygen atoms in total. The van der Waals surface area contributed by atoms with Crippen molar-refractivity contribution in [1.29, 1.82) is 0 Å². The zero-order valence-electron chi connectivity index (χ0n) is 12.0. The van der Waals surface area contributed by atoms with Crippen LogP contribution in [0.5, 0.6) is 0 Å². The normalized spacial score (nSPS) is 21.1. The molecule has 4 heteroatoms. The van der Waals surface area contributed by atoms with Crippen LogP contribution in [0.25, 0.3) is 5.57 Å². The highest BCUT2D eigenvalue weighted by molar-refractivity contribution is 6.03. The standard InChI is InChI=1S/C16H19NO3/c1-4-10(2)15-14(9-20-11(3)18)12-7-5-6-8-13(12)16(19)17-15/h5-10,15H,4H2,1-3H3,(H,17,19). The van der Waals surface area contributed by atoms with Gasteiger partial charge >= 0.3 is 5.97 Å². The molecule has 1 N–H and O–H groups in total. The topological polar surface area (TPSA) is 55.4 Å². The summed E-state index contributed by atoms with van der Waals surface area (Å²) in [6, 6.07) is 7.23. The van der Waals surface area contributed by atoms with Crippen LogP contribution in [-0.2, 0) is 9.53 Å². The zero-order chi connectivity index (χ0) is 14.7. The monoisotopic (exact) mass is 273 g/mol. The largest absolute Gasteiger partial charge is 0.434 e. The molecular weight excluding hydrogens is 254 g/mol. The van der Waals surface area contributed by atoms with Crippen molar-refractivity contribution in [3.63, 3.8) is 0 Å². The van der Waals surface area contributed by atoms with Crippen molar-refractivity contribution in [2.45, 2.75) is 33.2 Å². The second kappa shape index (κ2) is 5.90. The smallest absolute Gasteiger partial charge is 0.307 e. The van der Waals surface area contributed by atoms with Crippen molar-refractivity contribution in [2.24, 2.45) is 5.92 Å². The third-order valence-electron chi connectivity index (χ3n) is 3.67. The molecule has 0 aliphatic carbocycles. The number of nitrogens with one attached hydrogen (secondary N) is 1. The van der Waals surface area contributed by atoms with Gasteiger partial charge in [0.1, 0.15) is 6.26 Å². The summed E-state index contributed by atoms with van der Waals surface area (Å²) in [5.74, 6) is -0.185. The first-order valence-corrected chi connectivity index (χ1v) is 6.82. The Morgan fingerprint density at radius 3 is 2.65 bits per heavy atom. The van der Waals surface area contributed by atoms with E-state index in [4.69, 9.17) is 4.74 Å². The van der Waals surface area contributed by atoms with Gasteiger partial charge in [-0.1, -0.05) is 38.5 Å². The Kier molecular flexibility index (Phi) is 4.23. The molecule has 1 aliphatic rings. The fourth-order valence-corrected chi connectivity index (χ4v) is 2.36. The maximum absolute atomic E-state index is 12.2. The van der Waals surface area contributed by atoms with Gasteiger partial charge in [0.05, 0.1) is 6.04 Å². The van der Waals surface area contributed by atoms with E-state index >= 15 is 0 Å². The van der Waals surface area contributed by atoms with Crippen LogP contribution in [0.1, 0.15) is 43.1 Å². The molecule has 106 valence electrons. The second-order valence-corrected chi connectivity index (χ2v) is 5.06. The molecular formula is C16H19NO3. The van der Waals surface area contributed by atoms with E-state index in [1.165, 1.54) is 13.2 Å². The minimum absolute atomic E-state index is 0.0779. The summed E-state index contributed by atoms with van der Waals surface area (Å²) in [5.41, 5.74) is 2.30. The van der Waals surface area contributed by atoms with Crippen LogP contribution >= 0.6 is 0 Å². The lowest BCUT2D eigenvalue weighted by molar-refractivity contribution is -0.135. The van der Waals surface area contributed by atoms with Crippen molar-refractivity contribution in [2.75, 3.05) is 0 Å². The number of rotatable bonds is 3. The van der Waals surface area contributed by atoms with Gasteiger partial charge in [0.25, 0.3) is 5.91 Å². The molecule has 0 saturated heterocycles. The van der Waals surface area contributed by atoms with E-state index in [-0.39, 0.29) is 23.8 Å². The summed E-state index contributed by atoms with van der Waals surface area (Å²) in [6.07, 6.45) is 2.39. The highest BCUT2D eigenvalue weighted by Crippen LogP contribution is 2.31. The predicted molar refractivity (Wildman–Crippen MR) is 76.9 cm³/mol. The van der Waals surface area contributed by atoms with Gasteiger partial charge in [-0.2, -0.15) is 0 Å². The molecule has 1 amide bonds. The molecule has 0 bridgehead atoms. The molecule has 20 heavy (non-hydrogen) atoms. The molecule has 0 saturated carbocycles. The van der Waals surface area contributed by atoms with Crippen LogP contribution in [0.15, 0.2) is 30.5 Å². The van der Waals surface area contributed by atoms with Gasteiger partial charge in [0, 0.05) is 18.1 Å². The summed E-state index contributed by atoms with van der Waals surface area (Å²) in [6.45, 7) is 5.50. The Hall–Kier alpha value is -2.10. The lowest BCUT2D eigenvalue weighted by atomic mass is 9.83. The Bertz CT molecular complexity index is 563. The minimum Gasteiger partial charge on any atom is -0.434 e. The van der Waals surface area contributed by atoms with Crippen LogP contribution < -0.4 is 5.32 Å². The summed E-state index contributed by atoms with van der Waals surface area (Å²) >= 11 is 0. The Balaban J connectivity index is 2.49. The molecule has 1 heterocycles. The highest BCUT2D eigenvalue weighted by atomic mass is 16.5. The van der Waals surface area contributed by atoms with E-state index in [9.17, 15) is 9.59 Å². The van der Waals surface area contributed by atoms with Crippen LogP contribution in [0.4, 0.5) is 0 Å². The van der Waals surface area contributed by atoms with Gasteiger partial charge in [-0.05, 0) is 17.5 Å². The number of fused-ring (bicyclic) bond motifs is 1. The summed E-state index contributed by atoms with van der Waals surface area (Å²) in [7, 11) is 0. The lowest BCUT2D eigenvalue weighted by Crippen LogP contribution is -2.44. The van der Waals surface area contributed by atoms with Crippen LogP contribution in [-0.4, -0.2) is 17.9 Å². The van der Waals surface area contributed by atoms with E-state index in [0.29, 0.717) is 5.56 Å². The second-order valence-electron chi connectivity index (χ2n) is 5.06. The van der Waals surface area contributed by atoms with E-state index in [2.05, 4.69) is 19.2 Å². The van der Waals surface area contributed by atoms with Crippen LogP contribution in [0.3, 0.4) is 0 Å². The third-order valence-corrected chi connectivity index (χ3v) is 3.67. The average Bonchev–Trinajstić information content (AvgIpc) is 2.45. The highest BCUT2D eigenvalue weighted by Gasteiger charge is 2.31. The van der Waals surface area contributed by atoms with Crippen molar-refractivity contribution in [3.05, 3.63) is 41.7 Å². The molecule has 2 atom stereocenters. The molecule has 0 aromatic heterocycles. The maximum atomic E-state index is 12.2. The van der Waals surface area contributed by atoms with Crippen molar-refractivity contribution in [1.82, 2.24) is 5.32 Å². The Morgan fingerprint density at radius 1 is 1.40 bits per heavy atom. The lowest BCUT2D eigenvalue weighted by Gasteiger charge is -2.32. The maximum Gasteiger partial charge on any atom is 0.307 e. The number of benzene rings is 1. The van der Waals surface area contributed by atoms with Crippen LogP contribution in [0.2, 0.25) is 0 Å². The number of hydrogen-bond acceptors (Lipinski definition) is 3. The predicted octanol–water partition coefficient (Wildman–Crippen LogP) is 2.75. The quantitative estimate of drug-likeness (QED) is 0.680. The first-order chi connectivity index (χ1) is 9.54. The van der Waals surface area contributed by atoms with E-state index in [1.807, 2.05) is 18.2 Å². The Morgan fingerprint density at radius 2 is 2.05 bits per heavy atom. The van der Waals surface area contributed by atoms with Gasteiger partial charge in [-0.25, -0.2) is 0 Å². The minimum atomic E-state index is -0.366. The molecule has 2 unspecified atom stereocenters. The summed E-state index contributed by atoms with van der Waals surface area (Å²) < 4.78 is 5.05. The molecule has 1 aromatic carbocycles. The van der Waals surface area contributed by atoms with E-state index in [1.54, 1.807) is 6.07 Å². The van der Waals surface area contributed by atoms with Crippen molar-refractivity contribution >= 4 is 17.4 Å². The summed E-state index contributed by atoms with van der Waals surface area (Å²) in [4.78, 5) is 23.2. The Labute approximate surface area is 118 Å². The molecule has 1 aliphatic heterocycles. The first-order valence-electron chi connectivity index (χ1n) is 6.82. The molecule has 2 rings (SSSR count). The van der Waals surface area contributed by atoms with Crippen molar-refractivity contribution in [3.8, 4) is 0 Å². The van der Waals surface area contributed by atoms with Gasteiger partial charge in [-0.3, -0.25) is 9.59 Å². The number of esters is 1. The van der Waals surface area contributed by atoms with Gasteiger partial charge < -0.3 is 10.1 Å². The number of carbonyl (C=O) groups excluding carboxylic acids is 2. The zero-order valence-corrected chi connectivity index (χ0v) is 12.0. The molecule has 0 spiro atoms. The van der Waals surface area contributed by atoms with Gasteiger partial charge in [0.2, 0.25) is 0 Å². The van der Waals surface area contributed by atoms with Gasteiger partial charge in [0.15, 0.2) is 0 Å². The SMILES string of the molecule is CCC(C)C1NC(=O)c2ccccc2C1=COC(C)=O. The summed E-state index contributed by atoms with van der Waals surface area (Å²) in [5, 5.41) is 3.00. The third kappa shape index (κ3) is 2.74. The molecule has 0 fully saturated rings. The van der Waals surface area contributed by atoms with Crippen molar-refractivity contribution < 1.29 is 14.3 Å². The number of hydrogen-bond donors (Lipinski definition) is 1. The fraction of sp³-hybridized carbons (Fsp3) is 0.375. The van der Waals surface area contributed by atoms with Gasteiger partial charge in [-0.15, -0.1) is 0 Å². The first kappa shape index (κ1) is 14.3. The average molecular weight is 273 g/mol. The van der Waals surface area contributed by atoms with E-state index < -0.39 is 0 Å². The molecule has 0 radical (unpaired) electrons. The molecule has 1 aromatic rings. The van der Waals surface area contributed by atoms with Crippen LogP contribution in [0, 0.1) is 5.92 Å². The number of amides is 1. The fourth-order valence-electron chi connectivity index (χ4n) is 2.36. The number of ether oxygens (including phenoxy) is 1. The van der Waals surface area contributed by atoms with E-state index in [0.717, 1.165) is 17.6 Å².